The molecule has 0 aliphatic carbocycles. The van der Waals surface area contributed by atoms with Gasteiger partial charge in [-0.3, -0.25) is 9.78 Å². The molecule has 0 fully saturated rings. The highest BCUT2D eigenvalue weighted by Crippen LogP contribution is 2.28. The minimum absolute atomic E-state index is 0.0868. The Morgan fingerprint density at radius 3 is 2.95 bits per heavy atom. The van der Waals surface area contributed by atoms with Gasteiger partial charge in [-0.1, -0.05) is 0 Å². The van der Waals surface area contributed by atoms with Gasteiger partial charge in [0.15, 0.2) is 0 Å². The van der Waals surface area contributed by atoms with E-state index < -0.39 is 5.95 Å². The summed E-state index contributed by atoms with van der Waals surface area (Å²) in [6.07, 6.45) is 2.41. The lowest BCUT2D eigenvalue weighted by Crippen LogP contribution is -2.31. The highest BCUT2D eigenvalue weighted by molar-refractivity contribution is 5.99. The van der Waals surface area contributed by atoms with Crippen molar-refractivity contribution >= 4 is 16.9 Å². The number of fused-ring (bicyclic) bond motifs is 2. The average molecular weight is 282 g/mol. The highest BCUT2D eigenvalue weighted by atomic mass is 19.1. The first-order chi connectivity index (χ1) is 10.2. The molecule has 4 rings (SSSR count). The monoisotopic (exact) mass is 282 g/mol. The molecule has 6 heteroatoms. The van der Waals surface area contributed by atoms with Crippen LogP contribution in [-0.2, 0) is 6.42 Å². The lowest BCUT2D eigenvalue weighted by molar-refractivity contribution is 0.0946. The summed E-state index contributed by atoms with van der Waals surface area (Å²) in [5, 5.41) is 2.80. The van der Waals surface area contributed by atoms with Crippen LogP contribution in [0.3, 0.4) is 0 Å². The normalized spacial score (nSPS) is 14.0. The van der Waals surface area contributed by atoms with Crippen LogP contribution in [0, 0.1) is 5.95 Å². The van der Waals surface area contributed by atoms with Crippen molar-refractivity contribution in [1.82, 2.24) is 20.3 Å². The predicted octanol–water partition coefficient (Wildman–Crippen LogP) is 2.05. The molecule has 0 unspecified atom stereocenters. The van der Waals surface area contributed by atoms with E-state index in [0.29, 0.717) is 23.1 Å². The maximum absolute atomic E-state index is 13.4. The van der Waals surface area contributed by atoms with E-state index in [4.69, 9.17) is 0 Å². The van der Waals surface area contributed by atoms with Gasteiger partial charge in [0.2, 0.25) is 5.95 Å². The summed E-state index contributed by atoms with van der Waals surface area (Å²) in [5.74, 6) is -0.637. The third-order valence-electron chi connectivity index (χ3n) is 3.64. The van der Waals surface area contributed by atoms with Crippen LogP contribution >= 0.6 is 0 Å². The summed E-state index contributed by atoms with van der Waals surface area (Å²) >= 11 is 0. The van der Waals surface area contributed by atoms with Crippen molar-refractivity contribution in [3.05, 3.63) is 47.7 Å². The number of aromatic nitrogens is 3. The molecule has 0 bridgehead atoms. The van der Waals surface area contributed by atoms with E-state index >= 15 is 0 Å². The first-order valence-corrected chi connectivity index (χ1v) is 6.64. The van der Waals surface area contributed by atoms with Crippen LogP contribution in [0.25, 0.3) is 22.3 Å². The summed E-state index contributed by atoms with van der Waals surface area (Å²) in [6, 6.07) is 6.43. The topological polar surface area (TPSA) is 70.7 Å². The van der Waals surface area contributed by atoms with Crippen molar-refractivity contribution in [3.63, 3.8) is 0 Å². The first-order valence-electron chi connectivity index (χ1n) is 6.64. The largest absolute Gasteiger partial charge is 0.358 e. The highest BCUT2D eigenvalue weighted by Gasteiger charge is 2.20. The second-order valence-corrected chi connectivity index (χ2v) is 4.94. The lowest BCUT2D eigenvalue weighted by Gasteiger charge is -2.11. The Morgan fingerprint density at radius 2 is 2.10 bits per heavy atom. The second kappa shape index (κ2) is 4.37. The van der Waals surface area contributed by atoms with Gasteiger partial charge < -0.3 is 10.3 Å². The van der Waals surface area contributed by atoms with Crippen LogP contribution in [0.2, 0.25) is 0 Å². The molecule has 104 valence electrons. The van der Waals surface area contributed by atoms with Gasteiger partial charge in [0, 0.05) is 36.1 Å². The van der Waals surface area contributed by atoms with E-state index in [-0.39, 0.29) is 5.91 Å². The summed E-state index contributed by atoms with van der Waals surface area (Å²) < 4.78 is 13.4. The molecular formula is C15H11FN4O. The maximum atomic E-state index is 13.4. The number of aromatic amines is 1. The van der Waals surface area contributed by atoms with E-state index in [0.717, 1.165) is 23.4 Å². The van der Waals surface area contributed by atoms with Crippen LogP contribution in [0.5, 0.6) is 0 Å². The van der Waals surface area contributed by atoms with Gasteiger partial charge in [0.25, 0.3) is 5.91 Å². The Morgan fingerprint density at radius 1 is 1.19 bits per heavy atom. The number of carbonyl (C=O) groups excluding carboxylic acids is 1. The standard InChI is InChI=1S/C15H11FN4O/c16-13-2-1-11-14(20-13)8(3-5-17-11)12-7-9-10(19-12)4-6-18-15(9)21/h1-3,5,7,19H,4,6H2,(H,18,21). The fourth-order valence-electron chi connectivity index (χ4n) is 2.66. The van der Waals surface area contributed by atoms with Crippen molar-refractivity contribution in [3.8, 4) is 11.3 Å². The Balaban J connectivity index is 1.95. The number of pyridine rings is 2. The van der Waals surface area contributed by atoms with Crippen molar-refractivity contribution in [2.75, 3.05) is 6.54 Å². The van der Waals surface area contributed by atoms with Crippen LogP contribution in [0.15, 0.2) is 30.5 Å². The van der Waals surface area contributed by atoms with Gasteiger partial charge in [-0.15, -0.1) is 0 Å². The van der Waals surface area contributed by atoms with Crippen molar-refractivity contribution in [1.29, 1.82) is 0 Å². The Kier molecular flexibility index (Phi) is 2.50. The summed E-state index contributed by atoms with van der Waals surface area (Å²) in [5.41, 5.74) is 4.12. The molecule has 21 heavy (non-hydrogen) atoms. The number of carbonyl (C=O) groups is 1. The Bertz CT molecular complexity index is 871. The number of nitrogens with zero attached hydrogens (tertiary/aromatic N) is 2. The molecule has 5 nitrogen and oxygen atoms in total. The van der Waals surface area contributed by atoms with E-state index in [1.807, 2.05) is 0 Å². The molecular weight excluding hydrogens is 271 g/mol. The molecule has 0 radical (unpaired) electrons. The first kappa shape index (κ1) is 12.0. The molecule has 0 saturated heterocycles. The van der Waals surface area contributed by atoms with E-state index in [2.05, 4.69) is 20.3 Å². The number of nitrogens with one attached hydrogen (secondary N) is 2. The molecule has 4 heterocycles. The molecule has 2 N–H and O–H groups in total. The lowest BCUT2D eigenvalue weighted by atomic mass is 10.1. The molecule has 0 aromatic carbocycles. The SMILES string of the molecule is O=C1NCCc2[nH]c(-c3ccnc4ccc(F)nc34)cc21. The zero-order chi connectivity index (χ0) is 14.4. The number of hydrogen-bond acceptors (Lipinski definition) is 3. The smallest absolute Gasteiger partial charge is 0.253 e. The predicted molar refractivity (Wildman–Crippen MR) is 75.3 cm³/mol. The fraction of sp³-hybridized carbons (Fsp3) is 0.133. The van der Waals surface area contributed by atoms with Gasteiger partial charge >= 0.3 is 0 Å². The number of halogens is 1. The van der Waals surface area contributed by atoms with Crippen molar-refractivity contribution in [2.24, 2.45) is 0 Å². The second-order valence-electron chi connectivity index (χ2n) is 4.94. The maximum Gasteiger partial charge on any atom is 0.253 e. The Hall–Kier alpha value is -2.76. The Labute approximate surface area is 119 Å². The molecule has 3 aromatic heterocycles. The summed E-state index contributed by atoms with van der Waals surface area (Å²) in [4.78, 5) is 23.2. The van der Waals surface area contributed by atoms with Gasteiger partial charge in [-0.25, -0.2) is 4.98 Å². The van der Waals surface area contributed by atoms with Crippen LogP contribution in [0.4, 0.5) is 4.39 Å². The quantitative estimate of drug-likeness (QED) is 0.671. The van der Waals surface area contributed by atoms with Gasteiger partial charge in [-0.2, -0.15) is 4.39 Å². The van der Waals surface area contributed by atoms with E-state index in [1.54, 1.807) is 24.4 Å². The molecule has 3 aromatic rings. The zero-order valence-electron chi connectivity index (χ0n) is 11.0. The van der Waals surface area contributed by atoms with Crippen LogP contribution in [-0.4, -0.2) is 27.4 Å². The number of hydrogen-bond donors (Lipinski definition) is 2. The summed E-state index contributed by atoms with van der Waals surface area (Å²) in [6.45, 7) is 0.621. The number of rotatable bonds is 1. The molecule has 1 amide bonds. The van der Waals surface area contributed by atoms with Crippen molar-refractivity contribution in [2.45, 2.75) is 6.42 Å². The number of H-pyrrole nitrogens is 1. The fourth-order valence-corrected chi connectivity index (χ4v) is 2.66. The molecule has 1 aliphatic rings. The van der Waals surface area contributed by atoms with E-state index in [1.165, 1.54) is 6.07 Å². The molecule has 0 atom stereocenters. The average Bonchev–Trinajstić information content (AvgIpc) is 2.92. The molecule has 0 spiro atoms. The third-order valence-corrected chi connectivity index (χ3v) is 3.64. The number of amides is 1. The van der Waals surface area contributed by atoms with Crippen LogP contribution < -0.4 is 5.32 Å². The van der Waals surface area contributed by atoms with Crippen molar-refractivity contribution < 1.29 is 9.18 Å². The van der Waals surface area contributed by atoms with Gasteiger partial charge in [0.1, 0.15) is 5.52 Å². The van der Waals surface area contributed by atoms with Gasteiger partial charge in [-0.05, 0) is 24.3 Å². The van der Waals surface area contributed by atoms with E-state index in [9.17, 15) is 9.18 Å². The van der Waals surface area contributed by atoms with Gasteiger partial charge in [0.05, 0.1) is 11.1 Å². The third kappa shape index (κ3) is 1.87. The summed E-state index contributed by atoms with van der Waals surface area (Å²) in [7, 11) is 0. The zero-order valence-corrected chi connectivity index (χ0v) is 11.0. The minimum Gasteiger partial charge on any atom is -0.358 e. The van der Waals surface area contributed by atoms with Crippen LogP contribution in [0.1, 0.15) is 16.1 Å². The molecule has 1 aliphatic heterocycles. The molecule has 0 saturated carbocycles. The minimum atomic E-state index is -0.550.